The van der Waals surface area contributed by atoms with Crippen molar-refractivity contribution in [2.45, 2.75) is 26.3 Å². The molecule has 1 heterocycles. The van der Waals surface area contributed by atoms with Crippen molar-refractivity contribution in [1.82, 2.24) is 5.48 Å². The second kappa shape index (κ2) is 5.25. The van der Waals surface area contributed by atoms with Gasteiger partial charge in [0.2, 0.25) is 0 Å². The lowest BCUT2D eigenvalue weighted by Gasteiger charge is -2.24. The summed E-state index contributed by atoms with van der Waals surface area (Å²) in [4.78, 5) is 0. The van der Waals surface area contributed by atoms with Crippen LogP contribution in [0.2, 0.25) is 0 Å². The zero-order chi connectivity index (χ0) is 12.4. The summed E-state index contributed by atoms with van der Waals surface area (Å²) in [6, 6.07) is 1.93. The van der Waals surface area contributed by atoms with E-state index in [-0.39, 0.29) is 0 Å². The van der Waals surface area contributed by atoms with Crippen LogP contribution in [0.1, 0.15) is 30.9 Å². The largest absolute Gasteiger partial charge is 0.486 e. The zero-order valence-electron chi connectivity index (χ0n) is 9.92. The molecule has 0 radical (unpaired) electrons. The highest BCUT2D eigenvalue weighted by Gasteiger charge is 2.22. The van der Waals surface area contributed by atoms with Crippen molar-refractivity contribution in [3.05, 3.63) is 21.7 Å². The molecule has 0 aliphatic carbocycles. The highest BCUT2D eigenvalue weighted by atomic mass is 79.9. The van der Waals surface area contributed by atoms with Crippen molar-refractivity contribution in [2.24, 2.45) is 0 Å². The van der Waals surface area contributed by atoms with Crippen LogP contribution in [0, 0.1) is 0 Å². The van der Waals surface area contributed by atoms with Gasteiger partial charge in [-0.25, -0.2) is 5.48 Å². The highest BCUT2D eigenvalue weighted by Crippen LogP contribution is 2.44. The van der Waals surface area contributed by atoms with Gasteiger partial charge in [-0.1, -0.05) is 13.8 Å². The molecule has 0 amide bonds. The molecule has 5 heteroatoms. The van der Waals surface area contributed by atoms with Crippen molar-refractivity contribution in [2.75, 3.05) is 13.2 Å². The molecule has 2 N–H and O–H groups in total. The number of nitrogens with one attached hydrogen (secondary N) is 1. The monoisotopic (exact) mass is 301 g/mol. The predicted octanol–water partition coefficient (Wildman–Crippen LogP) is 2.82. The predicted molar refractivity (Wildman–Crippen MR) is 67.8 cm³/mol. The van der Waals surface area contributed by atoms with Crippen LogP contribution in [0.3, 0.4) is 0 Å². The summed E-state index contributed by atoms with van der Waals surface area (Å²) in [5.41, 5.74) is 4.34. The molecule has 0 bridgehead atoms. The Kier molecular flexibility index (Phi) is 3.91. The molecule has 2 rings (SSSR count). The van der Waals surface area contributed by atoms with E-state index >= 15 is 0 Å². The van der Waals surface area contributed by atoms with Crippen molar-refractivity contribution in [1.29, 1.82) is 0 Å². The average molecular weight is 302 g/mol. The summed E-state index contributed by atoms with van der Waals surface area (Å²) in [7, 11) is 0. The van der Waals surface area contributed by atoms with Gasteiger partial charge in [0.05, 0.1) is 4.47 Å². The Hall–Kier alpha value is -0.780. The molecule has 0 aromatic heterocycles. The van der Waals surface area contributed by atoms with Crippen LogP contribution >= 0.6 is 15.9 Å². The highest BCUT2D eigenvalue weighted by molar-refractivity contribution is 9.10. The van der Waals surface area contributed by atoms with Crippen molar-refractivity contribution < 1.29 is 14.7 Å². The first kappa shape index (κ1) is 12.7. The number of hydrogen-bond donors (Lipinski definition) is 2. The Bertz CT molecular complexity index is 421. The van der Waals surface area contributed by atoms with Crippen LogP contribution in [0.5, 0.6) is 11.5 Å². The van der Waals surface area contributed by atoms with Gasteiger partial charge < -0.3 is 14.7 Å². The van der Waals surface area contributed by atoms with Gasteiger partial charge in [0.25, 0.3) is 0 Å². The van der Waals surface area contributed by atoms with Gasteiger partial charge in [0, 0.05) is 6.54 Å². The maximum absolute atomic E-state index is 8.88. The fraction of sp³-hybridized carbons (Fsp3) is 0.500. The van der Waals surface area contributed by atoms with E-state index in [1.165, 1.54) is 0 Å². The van der Waals surface area contributed by atoms with Crippen LogP contribution in [0.25, 0.3) is 0 Å². The summed E-state index contributed by atoms with van der Waals surface area (Å²) in [6.45, 7) is 5.74. The topological polar surface area (TPSA) is 50.7 Å². The third-order valence-electron chi connectivity index (χ3n) is 2.75. The van der Waals surface area contributed by atoms with Gasteiger partial charge in [-0.05, 0) is 39.0 Å². The van der Waals surface area contributed by atoms with Gasteiger partial charge in [-0.3, -0.25) is 0 Å². The van der Waals surface area contributed by atoms with Crippen molar-refractivity contribution in [3.8, 4) is 11.5 Å². The Morgan fingerprint density at radius 1 is 1.41 bits per heavy atom. The quantitative estimate of drug-likeness (QED) is 0.843. The molecule has 0 fully saturated rings. The Labute approximate surface area is 109 Å². The third kappa shape index (κ3) is 2.41. The minimum absolute atomic E-state index is 0.337. The SMILES string of the molecule is CC(C)c1c(CNO)cc2c(c1Br)OCCO2. The number of hydroxylamine groups is 1. The summed E-state index contributed by atoms with van der Waals surface area (Å²) >= 11 is 3.57. The third-order valence-corrected chi connectivity index (χ3v) is 3.53. The Morgan fingerprint density at radius 2 is 2.12 bits per heavy atom. The maximum Gasteiger partial charge on any atom is 0.175 e. The maximum atomic E-state index is 8.88. The first-order valence-electron chi connectivity index (χ1n) is 5.63. The number of benzene rings is 1. The smallest absolute Gasteiger partial charge is 0.175 e. The van der Waals surface area contributed by atoms with E-state index in [1.807, 2.05) is 6.07 Å². The average Bonchev–Trinajstić information content (AvgIpc) is 2.29. The van der Waals surface area contributed by atoms with E-state index in [2.05, 4.69) is 35.3 Å². The summed E-state index contributed by atoms with van der Waals surface area (Å²) in [5, 5.41) is 8.88. The first-order chi connectivity index (χ1) is 8.15. The zero-order valence-corrected chi connectivity index (χ0v) is 11.5. The van der Waals surface area contributed by atoms with Crippen LogP contribution in [0.15, 0.2) is 10.5 Å². The standard InChI is InChI=1S/C12H16BrNO3/c1-7(2)10-8(6-14-15)5-9-12(11(10)13)17-4-3-16-9/h5,7,14-15H,3-4,6H2,1-2H3. The number of halogens is 1. The van der Waals surface area contributed by atoms with Gasteiger partial charge in [-0.2, -0.15) is 0 Å². The van der Waals surface area contributed by atoms with Gasteiger partial charge in [0.1, 0.15) is 13.2 Å². The summed E-state index contributed by atoms with van der Waals surface area (Å²) in [5.74, 6) is 1.84. The molecule has 1 aromatic carbocycles. The first-order valence-corrected chi connectivity index (χ1v) is 6.42. The van der Waals surface area contributed by atoms with Crippen LogP contribution in [-0.4, -0.2) is 18.4 Å². The molecule has 1 aromatic rings. The molecule has 1 aliphatic heterocycles. The van der Waals surface area contributed by atoms with E-state index in [0.29, 0.717) is 25.7 Å². The van der Waals surface area contributed by atoms with Crippen LogP contribution < -0.4 is 15.0 Å². The van der Waals surface area contributed by atoms with Crippen molar-refractivity contribution >= 4 is 15.9 Å². The molecule has 17 heavy (non-hydrogen) atoms. The fourth-order valence-electron chi connectivity index (χ4n) is 2.07. The van der Waals surface area contributed by atoms with Crippen LogP contribution in [-0.2, 0) is 6.54 Å². The molecule has 0 saturated carbocycles. The number of hydrogen-bond acceptors (Lipinski definition) is 4. The molecule has 0 unspecified atom stereocenters. The molecule has 94 valence electrons. The number of rotatable bonds is 3. The van der Waals surface area contributed by atoms with E-state index in [4.69, 9.17) is 14.7 Å². The van der Waals surface area contributed by atoms with Gasteiger partial charge in [-0.15, -0.1) is 0 Å². The van der Waals surface area contributed by atoms with Crippen LogP contribution in [0.4, 0.5) is 0 Å². The number of fused-ring (bicyclic) bond motifs is 1. The van der Waals surface area contributed by atoms with E-state index < -0.39 is 0 Å². The normalized spacial score (nSPS) is 14.2. The van der Waals surface area contributed by atoms with E-state index in [0.717, 1.165) is 27.1 Å². The lowest BCUT2D eigenvalue weighted by molar-refractivity contribution is 0.158. The fourth-order valence-corrected chi connectivity index (χ4v) is 3.09. The minimum atomic E-state index is 0.337. The molecular weight excluding hydrogens is 286 g/mol. The van der Waals surface area contributed by atoms with Gasteiger partial charge in [0.15, 0.2) is 11.5 Å². The molecule has 0 saturated heterocycles. The molecule has 1 aliphatic rings. The second-order valence-electron chi connectivity index (χ2n) is 4.28. The lowest BCUT2D eigenvalue weighted by atomic mass is 9.96. The molecule has 0 atom stereocenters. The Morgan fingerprint density at radius 3 is 2.76 bits per heavy atom. The van der Waals surface area contributed by atoms with E-state index in [1.54, 1.807) is 0 Å². The van der Waals surface area contributed by atoms with E-state index in [9.17, 15) is 0 Å². The van der Waals surface area contributed by atoms with Gasteiger partial charge >= 0.3 is 0 Å². The second-order valence-corrected chi connectivity index (χ2v) is 5.07. The Balaban J connectivity index is 2.55. The van der Waals surface area contributed by atoms with Crippen molar-refractivity contribution in [3.63, 3.8) is 0 Å². The minimum Gasteiger partial charge on any atom is -0.486 e. The summed E-state index contributed by atoms with van der Waals surface area (Å²) < 4.78 is 12.1. The molecule has 4 nitrogen and oxygen atoms in total. The number of ether oxygens (including phenoxy) is 2. The molecular formula is C12H16BrNO3. The summed E-state index contributed by atoms with van der Waals surface area (Å²) in [6.07, 6.45) is 0. The molecule has 0 spiro atoms. The lowest BCUT2D eigenvalue weighted by Crippen LogP contribution is -2.18.